The molecule has 2 aromatic carbocycles. The molecule has 1 aliphatic carbocycles. The van der Waals surface area contributed by atoms with Crippen LogP contribution in [0.4, 0.5) is 0 Å². The summed E-state index contributed by atoms with van der Waals surface area (Å²) in [4.78, 5) is 14.5. The molecule has 0 fully saturated rings. The van der Waals surface area contributed by atoms with Crippen molar-refractivity contribution < 1.29 is 19.7 Å². The Morgan fingerprint density at radius 1 is 1.15 bits per heavy atom. The first-order valence-corrected chi connectivity index (χ1v) is 11.6. The minimum Gasteiger partial charge on any atom is -0.506 e. The molecule has 1 aliphatic heterocycles. The first kappa shape index (κ1) is 23.4. The third kappa shape index (κ3) is 4.67. The van der Waals surface area contributed by atoms with Gasteiger partial charge in [-0.2, -0.15) is 0 Å². The number of fused-ring (bicyclic) bond motifs is 2. The molecule has 5 nitrogen and oxygen atoms in total. The van der Waals surface area contributed by atoms with Gasteiger partial charge in [-0.05, 0) is 42.3 Å². The number of hydrogen-bond donors (Lipinski definition) is 2. The van der Waals surface area contributed by atoms with Crippen LogP contribution in [0.1, 0.15) is 47.7 Å². The number of carbonyl (C=O) groups excluding carboxylic acids is 1. The van der Waals surface area contributed by atoms with Gasteiger partial charge in [0.15, 0.2) is 0 Å². The summed E-state index contributed by atoms with van der Waals surface area (Å²) in [6, 6.07) is 10.4. The normalized spacial score (nSPS) is 16.9. The fourth-order valence-corrected chi connectivity index (χ4v) is 4.32. The van der Waals surface area contributed by atoms with Crippen LogP contribution in [0.25, 0.3) is 5.57 Å². The van der Waals surface area contributed by atoms with E-state index in [2.05, 4.69) is 6.92 Å². The number of phenols is 1. The summed E-state index contributed by atoms with van der Waals surface area (Å²) in [6.07, 6.45) is 5.39. The number of phenolic OH excluding ortho intramolecular Hbond substituents is 1. The van der Waals surface area contributed by atoms with Gasteiger partial charge in [-0.25, -0.2) is 0 Å². The van der Waals surface area contributed by atoms with Crippen molar-refractivity contribution in [2.45, 2.75) is 32.3 Å². The van der Waals surface area contributed by atoms with Crippen molar-refractivity contribution in [3.05, 3.63) is 86.6 Å². The van der Waals surface area contributed by atoms with Crippen molar-refractivity contribution in [1.82, 2.24) is 4.90 Å². The number of nitrogens with zero attached hydrogens (tertiary/aromatic N) is 1. The minimum atomic E-state index is -0.975. The largest absolute Gasteiger partial charge is 0.506 e. The molecule has 0 aromatic heterocycles. The summed E-state index contributed by atoms with van der Waals surface area (Å²) in [5.41, 5.74) is 3.57. The minimum absolute atomic E-state index is 0.0278. The standard InChI is InChI=1S/C26H25Cl2NO4/c1-3-4-5-10-29(2)26(32)16-8-6-15(7-9-16)25-17-11-19(27)21(30)13-23(17)33-24-14-22(31)20(28)12-18(24)25/h6-9,11-14,21,30-31H,3-5,10H2,1-2H3. The Labute approximate surface area is 203 Å². The molecular formula is C26H25Cl2NO4. The van der Waals surface area contributed by atoms with E-state index in [0.717, 1.165) is 36.9 Å². The molecule has 7 heteroatoms. The number of hydrogen-bond acceptors (Lipinski definition) is 4. The average Bonchev–Trinajstić information content (AvgIpc) is 2.79. The molecule has 4 rings (SSSR count). The number of unbranched alkanes of at least 4 members (excludes halogenated alkanes) is 2. The molecule has 1 amide bonds. The van der Waals surface area contributed by atoms with Gasteiger partial charge >= 0.3 is 0 Å². The Morgan fingerprint density at radius 3 is 2.58 bits per heavy atom. The van der Waals surface area contributed by atoms with Gasteiger partial charge in [0, 0.05) is 41.9 Å². The van der Waals surface area contributed by atoms with Crippen LogP contribution in [0.2, 0.25) is 5.02 Å². The molecule has 2 N–H and O–H groups in total. The van der Waals surface area contributed by atoms with Crippen LogP contribution >= 0.6 is 23.2 Å². The third-order valence-electron chi connectivity index (χ3n) is 5.81. The second kappa shape index (κ2) is 9.64. The van der Waals surface area contributed by atoms with E-state index in [0.29, 0.717) is 28.2 Å². The van der Waals surface area contributed by atoms with Crippen molar-refractivity contribution >= 4 is 34.7 Å². The van der Waals surface area contributed by atoms with E-state index in [-0.39, 0.29) is 21.7 Å². The molecule has 0 saturated carbocycles. The van der Waals surface area contributed by atoms with Crippen molar-refractivity contribution in [2.24, 2.45) is 0 Å². The zero-order valence-corrected chi connectivity index (χ0v) is 20.0. The molecular weight excluding hydrogens is 461 g/mol. The molecule has 33 heavy (non-hydrogen) atoms. The van der Waals surface area contributed by atoms with E-state index < -0.39 is 6.10 Å². The number of aliphatic hydroxyl groups is 1. The highest BCUT2D eigenvalue weighted by molar-refractivity contribution is 6.32. The molecule has 2 aliphatic rings. The number of rotatable bonds is 6. The highest BCUT2D eigenvalue weighted by Gasteiger charge is 2.30. The monoisotopic (exact) mass is 485 g/mol. The van der Waals surface area contributed by atoms with Crippen LogP contribution in [0.5, 0.6) is 11.5 Å². The Bertz CT molecular complexity index is 1180. The number of carbonyl (C=O) groups is 1. The summed E-state index contributed by atoms with van der Waals surface area (Å²) in [5, 5.41) is 20.7. The van der Waals surface area contributed by atoms with Crippen molar-refractivity contribution in [1.29, 1.82) is 0 Å². The highest BCUT2D eigenvalue weighted by atomic mass is 35.5. The van der Waals surface area contributed by atoms with Gasteiger partial charge in [0.1, 0.15) is 23.4 Å². The van der Waals surface area contributed by atoms with E-state index in [1.807, 2.05) is 19.2 Å². The average molecular weight is 486 g/mol. The Kier molecular flexibility index (Phi) is 6.84. The van der Waals surface area contributed by atoms with E-state index in [1.165, 1.54) is 12.1 Å². The van der Waals surface area contributed by atoms with Crippen LogP contribution in [-0.4, -0.2) is 40.7 Å². The van der Waals surface area contributed by atoms with Gasteiger partial charge in [0.25, 0.3) is 5.91 Å². The zero-order valence-electron chi connectivity index (χ0n) is 18.4. The lowest BCUT2D eigenvalue weighted by atomic mass is 9.87. The first-order chi connectivity index (χ1) is 15.8. The van der Waals surface area contributed by atoms with Gasteiger partial charge in [0.05, 0.1) is 10.1 Å². The van der Waals surface area contributed by atoms with Gasteiger partial charge in [0.2, 0.25) is 0 Å². The van der Waals surface area contributed by atoms with Crippen molar-refractivity contribution in [3.8, 4) is 11.5 Å². The molecule has 0 bridgehead atoms. The lowest BCUT2D eigenvalue weighted by Crippen LogP contribution is -2.27. The van der Waals surface area contributed by atoms with Crippen LogP contribution in [0, 0.1) is 0 Å². The second-order valence-electron chi connectivity index (χ2n) is 8.21. The Hall–Kier alpha value is -2.73. The van der Waals surface area contributed by atoms with Gasteiger partial charge in [-0.3, -0.25) is 4.79 Å². The van der Waals surface area contributed by atoms with Crippen molar-refractivity contribution in [2.75, 3.05) is 13.6 Å². The SMILES string of the molecule is CCCCCN(C)C(=O)c1ccc(C2=C3C=C(Cl)C(O)C=C3Oc3cc(O)c(Cl)cc32)cc1. The molecule has 0 radical (unpaired) electrons. The van der Waals surface area contributed by atoms with Crippen LogP contribution in [0.3, 0.4) is 0 Å². The summed E-state index contributed by atoms with van der Waals surface area (Å²) in [7, 11) is 1.82. The second-order valence-corrected chi connectivity index (χ2v) is 9.05. The summed E-state index contributed by atoms with van der Waals surface area (Å²) >= 11 is 12.4. The molecule has 0 spiro atoms. The van der Waals surface area contributed by atoms with E-state index in [9.17, 15) is 15.0 Å². The topological polar surface area (TPSA) is 70.0 Å². The van der Waals surface area contributed by atoms with Crippen LogP contribution in [0.15, 0.2) is 64.9 Å². The maximum absolute atomic E-state index is 12.8. The number of halogens is 2. The number of benzene rings is 2. The Balaban J connectivity index is 1.75. The van der Waals surface area contributed by atoms with Crippen molar-refractivity contribution in [3.63, 3.8) is 0 Å². The fraction of sp³-hybridized carbons (Fsp3) is 0.269. The van der Waals surface area contributed by atoms with Crippen LogP contribution < -0.4 is 4.74 Å². The quantitative estimate of drug-likeness (QED) is 0.500. The van der Waals surface area contributed by atoms with Crippen LogP contribution in [-0.2, 0) is 0 Å². The predicted octanol–water partition coefficient (Wildman–Crippen LogP) is 5.88. The lowest BCUT2D eigenvalue weighted by molar-refractivity contribution is 0.0792. The van der Waals surface area contributed by atoms with Gasteiger partial charge in [-0.1, -0.05) is 55.1 Å². The maximum Gasteiger partial charge on any atom is 0.253 e. The summed E-state index contributed by atoms with van der Waals surface area (Å²) < 4.78 is 5.94. The van der Waals surface area contributed by atoms with E-state index in [4.69, 9.17) is 27.9 Å². The highest BCUT2D eigenvalue weighted by Crippen LogP contribution is 2.47. The molecule has 172 valence electrons. The number of amides is 1. The van der Waals surface area contributed by atoms with Gasteiger partial charge in [-0.15, -0.1) is 0 Å². The smallest absolute Gasteiger partial charge is 0.253 e. The van der Waals surface area contributed by atoms with Gasteiger partial charge < -0.3 is 19.8 Å². The summed E-state index contributed by atoms with van der Waals surface area (Å²) in [6.45, 7) is 2.85. The number of aliphatic hydroxyl groups excluding tert-OH is 1. The lowest BCUT2D eigenvalue weighted by Gasteiger charge is -2.28. The van der Waals surface area contributed by atoms with E-state index in [1.54, 1.807) is 29.2 Å². The number of ether oxygens (including phenoxy) is 1. The summed E-state index contributed by atoms with van der Waals surface area (Å²) in [5.74, 6) is 0.721. The predicted molar refractivity (Wildman–Crippen MR) is 131 cm³/mol. The number of allylic oxidation sites excluding steroid dienone is 1. The Morgan fingerprint density at radius 2 is 1.88 bits per heavy atom. The molecule has 1 unspecified atom stereocenters. The molecule has 1 atom stereocenters. The fourth-order valence-electron chi connectivity index (χ4n) is 3.99. The molecule has 2 aromatic rings. The maximum atomic E-state index is 12.8. The third-order valence-corrected chi connectivity index (χ3v) is 6.45. The van der Waals surface area contributed by atoms with E-state index >= 15 is 0 Å². The number of aromatic hydroxyl groups is 1. The zero-order chi connectivity index (χ0) is 23.7. The molecule has 1 heterocycles. The molecule has 0 saturated heterocycles. The first-order valence-electron chi connectivity index (χ1n) is 10.9.